The van der Waals surface area contributed by atoms with E-state index in [0.717, 1.165) is 20.5 Å². The van der Waals surface area contributed by atoms with E-state index in [0.29, 0.717) is 5.69 Å². The molecule has 1 N–H and O–H groups in total. The molecule has 0 aliphatic carbocycles. The lowest BCUT2D eigenvalue weighted by Crippen LogP contribution is -2.39. The molecule has 3 aromatic heterocycles. The second-order valence-electron chi connectivity index (χ2n) is 7.17. The molecule has 1 amide bonds. The summed E-state index contributed by atoms with van der Waals surface area (Å²) in [6.45, 7) is 3.80. The third-order valence-corrected chi connectivity index (χ3v) is 6.98. The maximum Gasteiger partial charge on any atom is 0.266 e. The number of aromatic nitrogens is 3. The van der Waals surface area contributed by atoms with Gasteiger partial charge in [-0.3, -0.25) is 9.59 Å². The Morgan fingerprint density at radius 2 is 2.03 bits per heavy atom. The van der Waals surface area contributed by atoms with E-state index in [-0.39, 0.29) is 24.4 Å². The molecule has 0 saturated carbocycles. The van der Waals surface area contributed by atoms with Crippen molar-refractivity contribution in [3.63, 3.8) is 0 Å². The Morgan fingerprint density at radius 3 is 2.79 bits per heavy atom. The van der Waals surface area contributed by atoms with Crippen LogP contribution in [0.1, 0.15) is 12.6 Å². The molecular weight excluding hydrogens is 463 g/mol. The fraction of sp³-hybridized carbons (Fsp3) is 0.217. The van der Waals surface area contributed by atoms with Crippen molar-refractivity contribution < 1.29 is 13.9 Å². The van der Waals surface area contributed by atoms with E-state index in [1.807, 2.05) is 24.4 Å². The van der Waals surface area contributed by atoms with E-state index < -0.39 is 17.8 Å². The minimum Gasteiger partial charge on any atom is -0.478 e. The Balaban J connectivity index is 1.40. The molecule has 0 bridgehead atoms. The third kappa shape index (κ3) is 5.35. The summed E-state index contributed by atoms with van der Waals surface area (Å²) in [7, 11) is 0. The largest absolute Gasteiger partial charge is 0.478 e. The molecule has 170 valence electrons. The number of nitrogens with one attached hydrogen (secondary N) is 1. The molecule has 7 nitrogen and oxygen atoms in total. The van der Waals surface area contributed by atoms with Crippen LogP contribution >= 0.6 is 22.7 Å². The van der Waals surface area contributed by atoms with Crippen LogP contribution in [0, 0.1) is 12.7 Å². The number of halogens is 1. The van der Waals surface area contributed by atoms with Crippen LogP contribution in [0.2, 0.25) is 0 Å². The zero-order valence-electron chi connectivity index (χ0n) is 17.9. The summed E-state index contributed by atoms with van der Waals surface area (Å²) in [5, 5.41) is 10.1. The van der Waals surface area contributed by atoms with Gasteiger partial charge in [0.05, 0.1) is 22.0 Å². The van der Waals surface area contributed by atoms with Crippen molar-refractivity contribution in [2.45, 2.75) is 26.5 Å². The molecule has 0 aliphatic heterocycles. The van der Waals surface area contributed by atoms with Crippen LogP contribution < -0.4 is 15.6 Å². The van der Waals surface area contributed by atoms with Crippen LogP contribution in [-0.2, 0) is 11.3 Å². The number of hydrogen-bond donors (Lipinski definition) is 1. The molecule has 3 heterocycles. The van der Waals surface area contributed by atoms with Crippen molar-refractivity contribution in [2.75, 3.05) is 6.54 Å². The SMILES string of the molecule is Cc1nc(-c2cccs2)sc1-c1ccc(=O)n(CCNC(=O)C(C)Oc2ccccc2F)n1. The average molecular weight is 485 g/mol. The zero-order chi connectivity index (χ0) is 23.4. The van der Waals surface area contributed by atoms with E-state index in [2.05, 4.69) is 15.4 Å². The number of thiazole rings is 1. The fourth-order valence-electron chi connectivity index (χ4n) is 3.08. The van der Waals surface area contributed by atoms with Gasteiger partial charge in [0.1, 0.15) is 10.7 Å². The standard InChI is InChI=1S/C23H21FN4O3S2/c1-14-21(33-23(26-14)19-8-5-13-32-19)17-9-10-20(29)28(27-17)12-11-25-22(30)15(2)31-18-7-4-3-6-16(18)24/h3-10,13,15H,11-12H2,1-2H3,(H,25,30). The van der Waals surface area contributed by atoms with Crippen molar-refractivity contribution in [1.29, 1.82) is 0 Å². The van der Waals surface area contributed by atoms with Crippen molar-refractivity contribution >= 4 is 28.6 Å². The fourth-order valence-corrected chi connectivity index (χ4v) is 4.91. The van der Waals surface area contributed by atoms with Gasteiger partial charge in [-0.05, 0) is 43.5 Å². The highest BCUT2D eigenvalue weighted by atomic mass is 32.1. The number of rotatable bonds is 8. The number of hydrogen-bond acceptors (Lipinski definition) is 7. The molecule has 0 radical (unpaired) electrons. The minimum absolute atomic E-state index is 0.00702. The molecule has 0 saturated heterocycles. The molecule has 1 atom stereocenters. The van der Waals surface area contributed by atoms with Gasteiger partial charge in [-0.2, -0.15) is 5.10 Å². The molecular formula is C23H21FN4O3S2. The summed E-state index contributed by atoms with van der Waals surface area (Å²) in [5.41, 5.74) is 1.22. The first-order chi connectivity index (χ1) is 15.9. The van der Waals surface area contributed by atoms with Gasteiger partial charge in [0.25, 0.3) is 11.5 Å². The summed E-state index contributed by atoms with van der Waals surface area (Å²) < 4.78 is 20.4. The quantitative estimate of drug-likeness (QED) is 0.407. The minimum atomic E-state index is -0.895. The summed E-state index contributed by atoms with van der Waals surface area (Å²) in [6.07, 6.45) is -0.895. The van der Waals surface area contributed by atoms with Gasteiger partial charge in [0, 0.05) is 12.6 Å². The van der Waals surface area contributed by atoms with Crippen LogP contribution in [0.15, 0.2) is 58.7 Å². The first-order valence-corrected chi connectivity index (χ1v) is 11.9. The van der Waals surface area contributed by atoms with Crippen LogP contribution in [-0.4, -0.2) is 33.3 Å². The molecule has 1 aromatic carbocycles. The predicted molar refractivity (Wildman–Crippen MR) is 127 cm³/mol. The van der Waals surface area contributed by atoms with Gasteiger partial charge >= 0.3 is 0 Å². The number of carbonyl (C=O) groups excluding carboxylic acids is 1. The molecule has 4 aromatic rings. The van der Waals surface area contributed by atoms with Crippen molar-refractivity contribution in [2.24, 2.45) is 0 Å². The predicted octanol–water partition coefficient (Wildman–Crippen LogP) is 4.13. The lowest BCUT2D eigenvalue weighted by molar-refractivity contribution is -0.127. The molecule has 0 aliphatic rings. The zero-order valence-corrected chi connectivity index (χ0v) is 19.6. The number of aryl methyl sites for hydroxylation is 1. The highest BCUT2D eigenvalue weighted by molar-refractivity contribution is 7.23. The van der Waals surface area contributed by atoms with E-state index >= 15 is 0 Å². The lowest BCUT2D eigenvalue weighted by Gasteiger charge is -2.15. The molecule has 1 unspecified atom stereocenters. The summed E-state index contributed by atoms with van der Waals surface area (Å²) >= 11 is 3.14. The van der Waals surface area contributed by atoms with Gasteiger partial charge in [0.15, 0.2) is 17.7 Å². The topological polar surface area (TPSA) is 86.1 Å². The third-order valence-electron chi connectivity index (χ3n) is 4.76. The number of thiophene rings is 1. The highest BCUT2D eigenvalue weighted by Gasteiger charge is 2.17. The normalized spacial score (nSPS) is 11.8. The first-order valence-electron chi connectivity index (χ1n) is 10.2. The molecule has 0 fully saturated rings. The number of carbonyl (C=O) groups is 1. The Bertz CT molecular complexity index is 1320. The van der Waals surface area contributed by atoms with E-state index in [9.17, 15) is 14.0 Å². The number of para-hydroxylation sites is 1. The molecule has 33 heavy (non-hydrogen) atoms. The molecule has 4 rings (SSSR count). The molecule has 0 spiro atoms. The van der Waals surface area contributed by atoms with Gasteiger partial charge < -0.3 is 10.1 Å². The Labute approximate surface area is 197 Å². The highest BCUT2D eigenvalue weighted by Crippen LogP contribution is 2.35. The Morgan fingerprint density at radius 1 is 1.21 bits per heavy atom. The summed E-state index contributed by atoms with van der Waals surface area (Å²) in [5.74, 6) is -0.945. The van der Waals surface area contributed by atoms with E-state index in [4.69, 9.17) is 4.74 Å². The first kappa shape index (κ1) is 22.8. The number of nitrogens with zero attached hydrogens (tertiary/aromatic N) is 3. The van der Waals surface area contributed by atoms with Crippen LogP contribution in [0.25, 0.3) is 20.5 Å². The second kappa shape index (κ2) is 10.1. The van der Waals surface area contributed by atoms with Gasteiger partial charge in [-0.15, -0.1) is 22.7 Å². The number of ether oxygens (including phenoxy) is 1. The summed E-state index contributed by atoms with van der Waals surface area (Å²) in [4.78, 5) is 31.2. The van der Waals surface area contributed by atoms with E-state index in [1.165, 1.54) is 41.1 Å². The van der Waals surface area contributed by atoms with Crippen molar-refractivity contribution in [3.8, 4) is 26.2 Å². The van der Waals surface area contributed by atoms with Gasteiger partial charge in [-0.25, -0.2) is 14.1 Å². The number of benzene rings is 1. The van der Waals surface area contributed by atoms with Gasteiger partial charge in [0.2, 0.25) is 0 Å². The van der Waals surface area contributed by atoms with Crippen LogP contribution in [0.4, 0.5) is 4.39 Å². The van der Waals surface area contributed by atoms with Crippen molar-refractivity contribution in [1.82, 2.24) is 20.1 Å². The van der Waals surface area contributed by atoms with E-state index in [1.54, 1.807) is 29.5 Å². The maximum atomic E-state index is 13.7. The average Bonchev–Trinajstić information content (AvgIpc) is 3.46. The van der Waals surface area contributed by atoms with Crippen LogP contribution in [0.5, 0.6) is 5.75 Å². The van der Waals surface area contributed by atoms with Crippen LogP contribution in [0.3, 0.4) is 0 Å². The van der Waals surface area contributed by atoms with Gasteiger partial charge in [-0.1, -0.05) is 18.2 Å². The monoisotopic (exact) mass is 484 g/mol. The Hall–Kier alpha value is -3.37. The lowest BCUT2D eigenvalue weighted by atomic mass is 10.3. The summed E-state index contributed by atoms with van der Waals surface area (Å²) in [6, 6.07) is 13.0. The number of amides is 1. The smallest absolute Gasteiger partial charge is 0.266 e. The second-order valence-corrected chi connectivity index (χ2v) is 9.12. The maximum absolute atomic E-state index is 13.7. The molecule has 10 heteroatoms. The van der Waals surface area contributed by atoms with Crippen molar-refractivity contribution in [3.05, 3.63) is 75.8 Å². The Kier molecular flexibility index (Phi) is 6.95.